The van der Waals surface area contributed by atoms with Crippen molar-refractivity contribution in [2.75, 3.05) is 13.1 Å². The molecule has 1 saturated heterocycles. The van der Waals surface area contributed by atoms with Gasteiger partial charge in [-0.25, -0.2) is 9.67 Å². The molecule has 2 aromatic rings. The summed E-state index contributed by atoms with van der Waals surface area (Å²) < 4.78 is 3.58. The molecule has 7 heteroatoms. The van der Waals surface area contributed by atoms with Gasteiger partial charge in [0.15, 0.2) is 0 Å². The van der Waals surface area contributed by atoms with Crippen LogP contribution in [0.3, 0.4) is 0 Å². The molecule has 1 amide bonds. The van der Waals surface area contributed by atoms with E-state index in [0.717, 1.165) is 24.9 Å². The van der Waals surface area contributed by atoms with Crippen molar-refractivity contribution < 1.29 is 4.79 Å². The van der Waals surface area contributed by atoms with Gasteiger partial charge in [-0.05, 0) is 32.3 Å². The second kappa shape index (κ2) is 5.67. The largest absolute Gasteiger partial charge is 0.339 e. The third-order valence-electron chi connectivity index (χ3n) is 4.00. The third-order valence-corrected chi connectivity index (χ3v) is 4.00. The maximum Gasteiger partial charge on any atom is 0.247 e. The average molecular weight is 288 g/mol. The summed E-state index contributed by atoms with van der Waals surface area (Å²) >= 11 is 0. The van der Waals surface area contributed by atoms with E-state index in [2.05, 4.69) is 15.2 Å². The number of aromatic nitrogens is 5. The van der Waals surface area contributed by atoms with Crippen LogP contribution in [0.5, 0.6) is 0 Å². The van der Waals surface area contributed by atoms with E-state index < -0.39 is 0 Å². The van der Waals surface area contributed by atoms with Crippen molar-refractivity contribution in [3.8, 4) is 0 Å². The van der Waals surface area contributed by atoms with Gasteiger partial charge in [0.2, 0.25) is 5.91 Å². The lowest BCUT2D eigenvalue weighted by Gasteiger charge is -2.34. The Morgan fingerprint density at radius 3 is 2.95 bits per heavy atom. The zero-order valence-electron chi connectivity index (χ0n) is 12.4. The summed E-state index contributed by atoms with van der Waals surface area (Å²) in [6.07, 6.45) is 9.00. The highest BCUT2D eigenvalue weighted by Crippen LogP contribution is 2.23. The second-order valence-corrected chi connectivity index (χ2v) is 5.63. The fourth-order valence-corrected chi connectivity index (χ4v) is 2.80. The number of nitrogens with zero attached hydrogens (tertiary/aromatic N) is 6. The Kier molecular flexibility index (Phi) is 3.72. The fraction of sp³-hybridized carbons (Fsp3) is 0.571. The number of carbonyl (C=O) groups excluding carboxylic acids is 1. The molecule has 0 spiro atoms. The van der Waals surface area contributed by atoms with Crippen LogP contribution in [-0.2, 0) is 4.79 Å². The van der Waals surface area contributed by atoms with Crippen LogP contribution in [0.15, 0.2) is 25.0 Å². The Morgan fingerprint density at radius 2 is 2.29 bits per heavy atom. The Labute approximate surface area is 123 Å². The third kappa shape index (κ3) is 2.81. The molecule has 7 nitrogen and oxygen atoms in total. The van der Waals surface area contributed by atoms with E-state index >= 15 is 0 Å². The highest BCUT2D eigenvalue weighted by atomic mass is 16.2. The van der Waals surface area contributed by atoms with Crippen LogP contribution >= 0.6 is 0 Å². The molecule has 0 N–H and O–H groups in total. The minimum atomic E-state index is -0.314. The SMILES string of the molecule is Cc1cnn([C@H]2CCCN(C(=O)[C@@H](C)n3cncn3)C2)c1. The number of amides is 1. The number of aryl methyl sites for hydroxylation is 1. The van der Waals surface area contributed by atoms with Crippen molar-refractivity contribution in [2.24, 2.45) is 0 Å². The quantitative estimate of drug-likeness (QED) is 0.851. The predicted octanol–water partition coefficient (Wildman–Crippen LogP) is 1.21. The number of hydrogen-bond donors (Lipinski definition) is 0. The summed E-state index contributed by atoms with van der Waals surface area (Å²) in [7, 11) is 0. The van der Waals surface area contributed by atoms with Crippen LogP contribution < -0.4 is 0 Å². The zero-order valence-corrected chi connectivity index (χ0v) is 12.4. The Hall–Kier alpha value is -2.18. The molecule has 112 valence electrons. The van der Waals surface area contributed by atoms with E-state index in [4.69, 9.17) is 0 Å². The monoisotopic (exact) mass is 288 g/mol. The molecule has 1 fully saturated rings. The maximum absolute atomic E-state index is 12.6. The van der Waals surface area contributed by atoms with Crippen molar-refractivity contribution in [3.05, 3.63) is 30.6 Å². The predicted molar refractivity (Wildman–Crippen MR) is 76.5 cm³/mol. The number of piperidine rings is 1. The fourth-order valence-electron chi connectivity index (χ4n) is 2.80. The molecular formula is C14H20N6O. The lowest BCUT2D eigenvalue weighted by molar-refractivity contribution is -0.136. The Bertz CT molecular complexity index is 605. The van der Waals surface area contributed by atoms with Crippen LogP contribution in [-0.4, -0.2) is 48.4 Å². The summed E-state index contributed by atoms with van der Waals surface area (Å²) in [6, 6.07) is -0.0510. The number of hydrogen-bond acceptors (Lipinski definition) is 4. The number of carbonyl (C=O) groups is 1. The molecule has 0 unspecified atom stereocenters. The first kappa shape index (κ1) is 13.8. The van der Waals surface area contributed by atoms with Crippen molar-refractivity contribution in [1.29, 1.82) is 0 Å². The molecule has 2 atom stereocenters. The molecule has 1 aliphatic heterocycles. The summed E-state index contributed by atoms with van der Waals surface area (Å²) in [5.74, 6) is 0.0917. The molecule has 1 aliphatic rings. The van der Waals surface area contributed by atoms with Gasteiger partial charge in [-0.2, -0.15) is 10.2 Å². The van der Waals surface area contributed by atoms with Gasteiger partial charge >= 0.3 is 0 Å². The summed E-state index contributed by atoms with van der Waals surface area (Å²) in [6.45, 7) is 5.40. The molecule has 0 radical (unpaired) electrons. The summed E-state index contributed by atoms with van der Waals surface area (Å²) in [5.41, 5.74) is 1.15. The Balaban J connectivity index is 1.69. The smallest absolute Gasteiger partial charge is 0.247 e. The van der Waals surface area contributed by atoms with E-state index in [0.29, 0.717) is 6.54 Å². The van der Waals surface area contributed by atoms with E-state index in [1.165, 1.54) is 6.33 Å². The molecular weight excluding hydrogens is 268 g/mol. The van der Waals surface area contributed by atoms with Crippen molar-refractivity contribution in [1.82, 2.24) is 29.4 Å². The van der Waals surface area contributed by atoms with Crippen LogP contribution in [0, 0.1) is 6.92 Å². The van der Waals surface area contributed by atoms with E-state index in [1.54, 1.807) is 11.0 Å². The van der Waals surface area contributed by atoms with Gasteiger partial charge < -0.3 is 4.90 Å². The van der Waals surface area contributed by atoms with Gasteiger partial charge in [0, 0.05) is 19.3 Å². The van der Waals surface area contributed by atoms with Gasteiger partial charge in [-0.3, -0.25) is 9.48 Å². The van der Waals surface area contributed by atoms with Crippen molar-refractivity contribution in [2.45, 2.75) is 38.8 Å². The highest BCUT2D eigenvalue weighted by molar-refractivity contribution is 5.80. The van der Waals surface area contributed by atoms with Crippen molar-refractivity contribution in [3.63, 3.8) is 0 Å². The summed E-state index contributed by atoms with van der Waals surface area (Å²) in [5, 5.41) is 8.43. The van der Waals surface area contributed by atoms with Crippen molar-refractivity contribution >= 4 is 5.91 Å². The molecule has 2 aromatic heterocycles. The van der Waals surface area contributed by atoms with Gasteiger partial charge in [0.05, 0.1) is 12.2 Å². The standard InChI is InChI=1S/C14H20N6O/c1-11-6-16-19(7-11)13-4-3-5-18(8-13)14(21)12(2)20-10-15-9-17-20/h6-7,9-10,12-13H,3-5,8H2,1-2H3/t12-,13+/m1/s1. The van der Waals surface area contributed by atoms with E-state index in [9.17, 15) is 4.79 Å². The van der Waals surface area contributed by atoms with Crippen LogP contribution in [0.25, 0.3) is 0 Å². The zero-order chi connectivity index (χ0) is 14.8. The maximum atomic E-state index is 12.6. The lowest BCUT2D eigenvalue weighted by Crippen LogP contribution is -2.43. The van der Waals surface area contributed by atoms with E-state index in [1.807, 2.05) is 35.8 Å². The number of rotatable bonds is 3. The topological polar surface area (TPSA) is 68.8 Å². The van der Waals surface area contributed by atoms with Gasteiger partial charge in [-0.15, -0.1) is 0 Å². The minimum absolute atomic E-state index is 0.0917. The normalized spacial score (nSPS) is 20.5. The second-order valence-electron chi connectivity index (χ2n) is 5.63. The first-order chi connectivity index (χ1) is 10.1. The molecule has 0 aliphatic carbocycles. The molecule has 3 rings (SSSR count). The molecule has 0 bridgehead atoms. The van der Waals surface area contributed by atoms with Gasteiger partial charge in [-0.1, -0.05) is 0 Å². The van der Waals surface area contributed by atoms with Crippen LogP contribution in [0.1, 0.15) is 37.4 Å². The first-order valence-electron chi connectivity index (χ1n) is 7.29. The van der Waals surface area contributed by atoms with Crippen LogP contribution in [0.2, 0.25) is 0 Å². The first-order valence-corrected chi connectivity index (χ1v) is 7.29. The lowest BCUT2D eigenvalue weighted by atomic mass is 10.1. The van der Waals surface area contributed by atoms with E-state index in [-0.39, 0.29) is 18.0 Å². The Morgan fingerprint density at radius 1 is 1.43 bits per heavy atom. The molecule has 0 aromatic carbocycles. The van der Waals surface area contributed by atoms with Gasteiger partial charge in [0.25, 0.3) is 0 Å². The van der Waals surface area contributed by atoms with Crippen LogP contribution in [0.4, 0.5) is 0 Å². The molecule has 21 heavy (non-hydrogen) atoms. The highest BCUT2D eigenvalue weighted by Gasteiger charge is 2.28. The molecule has 0 saturated carbocycles. The average Bonchev–Trinajstić information content (AvgIpc) is 3.17. The minimum Gasteiger partial charge on any atom is -0.339 e. The van der Waals surface area contributed by atoms with Gasteiger partial charge in [0.1, 0.15) is 18.7 Å². The summed E-state index contributed by atoms with van der Waals surface area (Å²) in [4.78, 5) is 18.4. The number of likely N-dealkylation sites (tertiary alicyclic amines) is 1. The molecule has 3 heterocycles.